The van der Waals surface area contributed by atoms with E-state index in [1.54, 1.807) is 39.3 Å². The number of ether oxygens (including phenoxy) is 2. The number of halogens is 1. The average molecular weight is 416 g/mol. The second-order valence-corrected chi connectivity index (χ2v) is 7.06. The normalized spacial score (nSPS) is 10.7. The molecule has 4 rings (SSSR count). The fourth-order valence-corrected chi connectivity index (χ4v) is 3.46. The first-order chi connectivity index (χ1) is 15.0. The first-order valence-corrected chi connectivity index (χ1v) is 9.70. The van der Waals surface area contributed by atoms with Gasteiger partial charge >= 0.3 is 0 Å². The second kappa shape index (κ2) is 8.44. The lowest BCUT2D eigenvalue weighted by Gasteiger charge is -2.13. The van der Waals surface area contributed by atoms with Gasteiger partial charge in [0.15, 0.2) is 11.5 Å². The molecule has 156 valence electrons. The van der Waals surface area contributed by atoms with E-state index in [1.807, 2.05) is 36.4 Å². The maximum atomic E-state index is 13.4. The van der Waals surface area contributed by atoms with Crippen molar-refractivity contribution in [3.63, 3.8) is 0 Å². The Labute approximate surface area is 179 Å². The number of fused-ring (bicyclic) bond motifs is 1. The molecule has 0 radical (unpaired) electrons. The largest absolute Gasteiger partial charge is 0.493 e. The van der Waals surface area contributed by atoms with Crippen molar-refractivity contribution in [3.8, 4) is 22.8 Å². The van der Waals surface area contributed by atoms with E-state index in [4.69, 9.17) is 14.5 Å². The Morgan fingerprint density at radius 1 is 0.935 bits per heavy atom. The molecule has 5 nitrogen and oxygen atoms in total. The summed E-state index contributed by atoms with van der Waals surface area (Å²) in [5.74, 6) is 0.537. The molecule has 0 aliphatic heterocycles. The third kappa shape index (κ3) is 4.05. The number of methoxy groups -OCH3 is 2. The molecule has 0 atom stereocenters. The maximum absolute atomic E-state index is 13.4. The molecule has 4 aromatic rings. The van der Waals surface area contributed by atoms with Gasteiger partial charge in [0, 0.05) is 16.6 Å². The van der Waals surface area contributed by atoms with Gasteiger partial charge in [-0.05, 0) is 61.0 Å². The molecule has 6 heteroatoms. The number of aromatic nitrogens is 1. The lowest BCUT2D eigenvalue weighted by atomic mass is 10.0. The van der Waals surface area contributed by atoms with Crippen LogP contribution >= 0.6 is 0 Å². The number of rotatable bonds is 5. The summed E-state index contributed by atoms with van der Waals surface area (Å²) in [6.45, 7) is 1.75. The number of nitrogens with zero attached hydrogens (tertiary/aromatic N) is 1. The predicted octanol–water partition coefficient (Wildman–Crippen LogP) is 5.62. The molecule has 1 aromatic heterocycles. The van der Waals surface area contributed by atoms with Crippen LogP contribution in [0.4, 0.5) is 10.1 Å². The fraction of sp³-hybridized carbons (Fsp3) is 0.120. The van der Waals surface area contributed by atoms with E-state index in [-0.39, 0.29) is 11.7 Å². The van der Waals surface area contributed by atoms with Crippen molar-refractivity contribution in [3.05, 3.63) is 83.7 Å². The van der Waals surface area contributed by atoms with Crippen LogP contribution in [0.3, 0.4) is 0 Å². The summed E-state index contributed by atoms with van der Waals surface area (Å²) in [5.41, 5.74) is 3.78. The van der Waals surface area contributed by atoms with E-state index in [2.05, 4.69) is 5.32 Å². The minimum atomic E-state index is -0.347. The molecule has 0 saturated heterocycles. The first kappa shape index (κ1) is 20.3. The number of hydrogen-bond donors (Lipinski definition) is 1. The number of nitrogens with one attached hydrogen (secondary N) is 1. The van der Waals surface area contributed by atoms with E-state index < -0.39 is 0 Å². The summed E-state index contributed by atoms with van der Waals surface area (Å²) < 4.78 is 24.1. The Hall–Kier alpha value is -3.93. The molecular formula is C25H21FN2O3. The molecule has 0 spiro atoms. The van der Waals surface area contributed by atoms with Crippen molar-refractivity contribution in [1.82, 2.24) is 4.98 Å². The molecule has 31 heavy (non-hydrogen) atoms. The highest BCUT2D eigenvalue weighted by molar-refractivity contribution is 6.13. The molecule has 1 heterocycles. The number of pyridine rings is 1. The van der Waals surface area contributed by atoms with Gasteiger partial charge in [-0.2, -0.15) is 0 Å². The highest BCUT2D eigenvalue weighted by atomic mass is 19.1. The van der Waals surface area contributed by atoms with E-state index in [0.717, 1.165) is 10.9 Å². The summed E-state index contributed by atoms with van der Waals surface area (Å²) in [5, 5.41) is 3.61. The Morgan fingerprint density at radius 2 is 1.71 bits per heavy atom. The van der Waals surface area contributed by atoms with Crippen LogP contribution in [-0.2, 0) is 0 Å². The van der Waals surface area contributed by atoms with Crippen LogP contribution in [-0.4, -0.2) is 25.1 Å². The van der Waals surface area contributed by atoms with Crippen LogP contribution in [0.1, 0.15) is 15.9 Å². The van der Waals surface area contributed by atoms with Crippen molar-refractivity contribution >= 4 is 22.5 Å². The number of para-hydroxylation sites is 1. The Morgan fingerprint density at radius 3 is 2.45 bits per heavy atom. The number of hydrogen-bond acceptors (Lipinski definition) is 4. The number of carbonyl (C=O) groups is 1. The van der Waals surface area contributed by atoms with Gasteiger partial charge in [-0.3, -0.25) is 4.79 Å². The van der Waals surface area contributed by atoms with Crippen molar-refractivity contribution in [2.75, 3.05) is 19.5 Å². The number of amides is 1. The molecular weight excluding hydrogens is 395 g/mol. The minimum absolute atomic E-state index is 0.296. The van der Waals surface area contributed by atoms with Crippen LogP contribution < -0.4 is 14.8 Å². The van der Waals surface area contributed by atoms with Gasteiger partial charge in [0.1, 0.15) is 5.82 Å². The van der Waals surface area contributed by atoms with Crippen molar-refractivity contribution in [2.24, 2.45) is 0 Å². The molecule has 3 aromatic carbocycles. The van der Waals surface area contributed by atoms with E-state index >= 15 is 0 Å². The highest BCUT2D eigenvalue weighted by Crippen LogP contribution is 2.33. The zero-order chi connectivity index (χ0) is 22.0. The van der Waals surface area contributed by atoms with Crippen LogP contribution in [0, 0.1) is 12.7 Å². The van der Waals surface area contributed by atoms with Gasteiger partial charge in [-0.1, -0.05) is 18.2 Å². The van der Waals surface area contributed by atoms with E-state index in [0.29, 0.717) is 39.5 Å². The SMILES string of the molecule is COc1ccc(-c2cc(C(=O)Nc3ccc(F)cc3C)c3ccccc3n2)cc1OC. The van der Waals surface area contributed by atoms with Crippen LogP contribution in [0.5, 0.6) is 11.5 Å². The van der Waals surface area contributed by atoms with Gasteiger partial charge in [0.2, 0.25) is 0 Å². The minimum Gasteiger partial charge on any atom is -0.493 e. The summed E-state index contributed by atoms with van der Waals surface area (Å²) in [6.07, 6.45) is 0. The first-order valence-electron chi connectivity index (χ1n) is 9.70. The van der Waals surface area contributed by atoms with Gasteiger partial charge in [-0.25, -0.2) is 9.37 Å². The Balaban J connectivity index is 1.81. The summed E-state index contributed by atoms with van der Waals surface area (Å²) in [4.78, 5) is 17.9. The van der Waals surface area contributed by atoms with Crippen LogP contribution in [0.15, 0.2) is 66.7 Å². The topological polar surface area (TPSA) is 60.5 Å². The fourth-order valence-electron chi connectivity index (χ4n) is 3.46. The van der Waals surface area contributed by atoms with Crippen molar-refractivity contribution in [1.29, 1.82) is 0 Å². The maximum Gasteiger partial charge on any atom is 0.256 e. The molecule has 0 fully saturated rings. The monoisotopic (exact) mass is 416 g/mol. The van der Waals surface area contributed by atoms with Gasteiger partial charge in [-0.15, -0.1) is 0 Å². The number of aryl methyl sites for hydroxylation is 1. The van der Waals surface area contributed by atoms with Gasteiger partial charge in [0.25, 0.3) is 5.91 Å². The third-order valence-corrected chi connectivity index (χ3v) is 5.08. The smallest absolute Gasteiger partial charge is 0.256 e. The summed E-state index contributed by atoms with van der Waals surface area (Å²) in [6, 6.07) is 18.9. The second-order valence-electron chi connectivity index (χ2n) is 7.06. The Kier molecular flexibility index (Phi) is 5.54. The summed E-state index contributed by atoms with van der Waals surface area (Å²) in [7, 11) is 3.14. The molecule has 0 aliphatic rings. The van der Waals surface area contributed by atoms with Crippen LogP contribution in [0.25, 0.3) is 22.2 Å². The number of benzene rings is 3. The lowest BCUT2D eigenvalue weighted by Crippen LogP contribution is -2.14. The Bertz CT molecular complexity index is 1290. The van der Waals surface area contributed by atoms with Gasteiger partial charge in [0.05, 0.1) is 31.0 Å². The van der Waals surface area contributed by atoms with Crippen LogP contribution in [0.2, 0.25) is 0 Å². The van der Waals surface area contributed by atoms with Crippen molar-refractivity contribution in [2.45, 2.75) is 6.92 Å². The molecule has 0 saturated carbocycles. The number of anilines is 1. The number of carbonyl (C=O) groups excluding carboxylic acids is 1. The zero-order valence-corrected chi connectivity index (χ0v) is 17.4. The summed E-state index contributed by atoms with van der Waals surface area (Å²) >= 11 is 0. The molecule has 1 amide bonds. The zero-order valence-electron chi connectivity index (χ0n) is 17.4. The van der Waals surface area contributed by atoms with Crippen molar-refractivity contribution < 1.29 is 18.7 Å². The highest BCUT2D eigenvalue weighted by Gasteiger charge is 2.16. The molecule has 0 bridgehead atoms. The molecule has 0 aliphatic carbocycles. The quantitative estimate of drug-likeness (QED) is 0.459. The molecule has 0 unspecified atom stereocenters. The van der Waals surface area contributed by atoms with E-state index in [1.165, 1.54) is 12.1 Å². The average Bonchev–Trinajstić information content (AvgIpc) is 2.79. The molecule has 1 N–H and O–H groups in total. The third-order valence-electron chi connectivity index (χ3n) is 5.08. The standard InChI is InChI=1S/C25H21FN2O3/c1-15-12-17(26)9-10-20(15)28-25(29)19-14-22(27-21-7-5-4-6-18(19)21)16-8-11-23(30-2)24(13-16)31-3/h4-14H,1-3H3,(H,28,29). The predicted molar refractivity (Wildman–Crippen MR) is 119 cm³/mol. The lowest BCUT2D eigenvalue weighted by molar-refractivity contribution is 0.102. The van der Waals surface area contributed by atoms with Gasteiger partial charge < -0.3 is 14.8 Å². The van der Waals surface area contributed by atoms with E-state index in [9.17, 15) is 9.18 Å².